The van der Waals surface area contributed by atoms with E-state index in [4.69, 9.17) is 11.5 Å². The van der Waals surface area contributed by atoms with E-state index in [0.29, 0.717) is 0 Å². The lowest BCUT2D eigenvalue weighted by atomic mass is 10.1. The second-order valence-corrected chi connectivity index (χ2v) is 5.40. The summed E-state index contributed by atoms with van der Waals surface area (Å²) in [5, 5.41) is 0. The van der Waals surface area contributed by atoms with Crippen LogP contribution in [0.5, 0.6) is 0 Å². The summed E-state index contributed by atoms with van der Waals surface area (Å²) < 4.78 is 0. The third-order valence-electron chi connectivity index (χ3n) is 3.76. The molecular weight excluding hydrogens is 266 g/mol. The fraction of sp³-hybridized carbons (Fsp3) is 0.429. The van der Waals surface area contributed by atoms with E-state index in [1.54, 1.807) is 6.20 Å². The molecular formula is C14H21N7. The zero-order valence-electron chi connectivity index (χ0n) is 11.9. The van der Waals surface area contributed by atoms with Crippen LogP contribution >= 0.6 is 0 Å². The zero-order chi connectivity index (χ0) is 14.7. The number of nitrogens with zero attached hydrogens (tertiary/aromatic N) is 3. The van der Waals surface area contributed by atoms with Gasteiger partial charge in [0.05, 0.1) is 5.69 Å². The Hall–Kier alpha value is -1.96. The summed E-state index contributed by atoms with van der Waals surface area (Å²) in [6.45, 7) is 3.38. The highest BCUT2D eigenvalue weighted by Crippen LogP contribution is 2.18. The maximum atomic E-state index is 6.10. The molecule has 7 heteroatoms. The number of hydrogen-bond acceptors (Lipinski definition) is 7. The number of nitrogens with one attached hydrogen (secondary N) is 2. The minimum atomic E-state index is -1.05. The van der Waals surface area contributed by atoms with E-state index in [-0.39, 0.29) is 5.96 Å². The van der Waals surface area contributed by atoms with E-state index >= 15 is 0 Å². The van der Waals surface area contributed by atoms with Gasteiger partial charge in [0.1, 0.15) is 0 Å². The molecule has 0 saturated carbocycles. The first kappa shape index (κ1) is 14.0. The number of nitrogens with two attached hydrogens (primary N) is 2. The SMILES string of the molecule is NC1=NC(N)(c2ccc(C=CCN3CCCC3)nc2)NN1. The molecule has 2 aliphatic heterocycles. The van der Waals surface area contributed by atoms with Crippen LogP contribution in [0, 0.1) is 0 Å². The molecule has 2 aliphatic rings. The van der Waals surface area contributed by atoms with Gasteiger partial charge in [-0.15, -0.1) is 0 Å². The minimum Gasteiger partial charge on any atom is -0.369 e. The molecule has 0 amide bonds. The summed E-state index contributed by atoms with van der Waals surface area (Å²) in [4.78, 5) is 11.0. The Bertz CT molecular complexity index is 545. The fourth-order valence-corrected chi connectivity index (χ4v) is 2.56. The standard InChI is InChI=1S/C14H21N7/c15-13-18-14(16,20-19-13)11-5-6-12(17-10-11)4-3-9-21-7-1-2-8-21/h3-6,10,20H,1-2,7-9,16H2,(H3,15,18,19). The number of guanidine groups is 1. The zero-order valence-corrected chi connectivity index (χ0v) is 11.9. The van der Waals surface area contributed by atoms with Crippen LogP contribution < -0.4 is 22.3 Å². The Labute approximate surface area is 124 Å². The van der Waals surface area contributed by atoms with Gasteiger partial charge in [0.25, 0.3) is 0 Å². The van der Waals surface area contributed by atoms with Gasteiger partial charge in [-0.05, 0) is 38.1 Å². The lowest BCUT2D eigenvalue weighted by Gasteiger charge is -2.19. The Morgan fingerprint density at radius 3 is 2.76 bits per heavy atom. The van der Waals surface area contributed by atoms with E-state index in [1.165, 1.54) is 25.9 Å². The molecule has 112 valence electrons. The van der Waals surface area contributed by atoms with Crippen molar-refractivity contribution in [3.05, 3.63) is 35.7 Å². The van der Waals surface area contributed by atoms with E-state index in [9.17, 15) is 0 Å². The summed E-state index contributed by atoms with van der Waals surface area (Å²) in [5.41, 5.74) is 18.9. The molecule has 0 aromatic carbocycles. The van der Waals surface area contributed by atoms with E-state index in [1.807, 2.05) is 18.2 Å². The molecule has 3 heterocycles. The topological polar surface area (TPSA) is 105 Å². The number of pyridine rings is 1. The summed E-state index contributed by atoms with van der Waals surface area (Å²) >= 11 is 0. The average Bonchev–Trinajstić information content (AvgIpc) is 3.10. The first-order valence-electron chi connectivity index (χ1n) is 7.18. The molecule has 6 N–H and O–H groups in total. The van der Waals surface area contributed by atoms with Gasteiger partial charge in [-0.25, -0.2) is 4.99 Å². The van der Waals surface area contributed by atoms with Crippen LogP contribution in [0.15, 0.2) is 29.4 Å². The Morgan fingerprint density at radius 1 is 1.33 bits per heavy atom. The second kappa shape index (κ2) is 5.80. The second-order valence-electron chi connectivity index (χ2n) is 5.40. The Balaban J connectivity index is 1.62. The van der Waals surface area contributed by atoms with Crippen molar-refractivity contribution in [2.45, 2.75) is 18.6 Å². The maximum Gasteiger partial charge on any atom is 0.210 e. The van der Waals surface area contributed by atoms with Crippen LogP contribution in [0.4, 0.5) is 0 Å². The smallest absolute Gasteiger partial charge is 0.210 e. The van der Waals surface area contributed by atoms with Gasteiger partial charge in [0, 0.05) is 18.3 Å². The summed E-state index contributed by atoms with van der Waals surface area (Å²) in [6.07, 6.45) is 8.51. The number of hydrazine groups is 1. The monoisotopic (exact) mass is 287 g/mol. The van der Waals surface area contributed by atoms with Crippen molar-refractivity contribution in [1.82, 2.24) is 20.7 Å². The van der Waals surface area contributed by atoms with Gasteiger partial charge in [-0.2, -0.15) is 5.43 Å². The Kier molecular flexibility index (Phi) is 3.87. The van der Waals surface area contributed by atoms with Gasteiger partial charge >= 0.3 is 0 Å². The largest absolute Gasteiger partial charge is 0.369 e. The van der Waals surface area contributed by atoms with Gasteiger partial charge < -0.3 is 5.73 Å². The quantitative estimate of drug-likeness (QED) is 0.605. The first-order valence-corrected chi connectivity index (χ1v) is 7.18. The molecule has 1 atom stereocenters. The predicted octanol–water partition coefficient (Wildman–Crippen LogP) is -0.318. The van der Waals surface area contributed by atoms with Gasteiger partial charge in [0.2, 0.25) is 11.7 Å². The lowest BCUT2D eigenvalue weighted by molar-refractivity contribution is 0.374. The molecule has 7 nitrogen and oxygen atoms in total. The normalized spacial score (nSPS) is 26.2. The molecule has 1 aromatic rings. The van der Waals surface area contributed by atoms with Crippen molar-refractivity contribution in [3.63, 3.8) is 0 Å². The maximum absolute atomic E-state index is 6.10. The molecule has 1 saturated heterocycles. The number of aromatic nitrogens is 1. The summed E-state index contributed by atoms with van der Waals surface area (Å²) in [7, 11) is 0. The number of aliphatic imine (C=N–C) groups is 1. The van der Waals surface area contributed by atoms with E-state index in [2.05, 4.69) is 31.8 Å². The highest BCUT2D eigenvalue weighted by atomic mass is 15.6. The van der Waals surface area contributed by atoms with Crippen LogP contribution in [0.2, 0.25) is 0 Å². The van der Waals surface area contributed by atoms with Gasteiger partial charge in [-0.3, -0.25) is 21.0 Å². The number of likely N-dealkylation sites (tertiary alicyclic amines) is 1. The molecule has 0 bridgehead atoms. The number of hydrogen-bond donors (Lipinski definition) is 4. The number of rotatable bonds is 4. The van der Waals surface area contributed by atoms with Gasteiger partial charge in [0.15, 0.2) is 0 Å². The van der Waals surface area contributed by atoms with Gasteiger partial charge in [-0.1, -0.05) is 12.1 Å². The van der Waals surface area contributed by atoms with Crippen molar-refractivity contribution in [2.24, 2.45) is 16.5 Å². The van der Waals surface area contributed by atoms with Crippen LogP contribution in [-0.2, 0) is 5.79 Å². The Morgan fingerprint density at radius 2 is 2.14 bits per heavy atom. The van der Waals surface area contributed by atoms with Crippen molar-refractivity contribution < 1.29 is 0 Å². The molecule has 0 aliphatic carbocycles. The third-order valence-corrected chi connectivity index (χ3v) is 3.76. The highest BCUT2D eigenvalue weighted by molar-refractivity contribution is 5.79. The fourth-order valence-electron chi connectivity index (χ4n) is 2.56. The summed E-state index contributed by atoms with van der Waals surface area (Å²) in [6, 6.07) is 3.83. The molecule has 1 fully saturated rings. The van der Waals surface area contributed by atoms with Crippen molar-refractivity contribution in [1.29, 1.82) is 0 Å². The predicted molar refractivity (Wildman–Crippen MR) is 82.7 cm³/mol. The van der Waals surface area contributed by atoms with Crippen LogP contribution in [0.3, 0.4) is 0 Å². The van der Waals surface area contributed by atoms with Crippen LogP contribution in [0.25, 0.3) is 6.08 Å². The highest BCUT2D eigenvalue weighted by Gasteiger charge is 2.31. The van der Waals surface area contributed by atoms with Crippen molar-refractivity contribution in [2.75, 3.05) is 19.6 Å². The molecule has 0 radical (unpaired) electrons. The minimum absolute atomic E-state index is 0.270. The third kappa shape index (κ3) is 3.21. The van der Waals surface area contributed by atoms with Crippen LogP contribution in [0.1, 0.15) is 24.1 Å². The molecule has 1 aromatic heterocycles. The molecule has 21 heavy (non-hydrogen) atoms. The average molecular weight is 287 g/mol. The van der Waals surface area contributed by atoms with Crippen molar-refractivity contribution in [3.8, 4) is 0 Å². The summed E-state index contributed by atoms with van der Waals surface area (Å²) in [5.74, 6) is -0.776. The van der Waals surface area contributed by atoms with Crippen molar-refractivity contribution >= 4 is 12.0 Å². The molecule has 3 rings (SSSR count). The lowest BCUT2D eigenvalue weighted by Crippen LogP contribution is -2.50. The van der Waals surface area contributed by atoms with E-state index < -0.39 is 5.79 Å². The molecule has 1 unspecified atom stereocenters. The molecule has 0 spiro atoms. The van der Waals surface area contributed by atoms with Crippen LogP contribution in [-0.4, -0.2) is 35.5 Å². The first-order chi connectivity index (χ1) is 10.2. The van der Waals surface area contributed by atoms with E-state index in [0.717, 1.165) is 17.8 Å².